The average molecular weight is 411 g/mol. The lowest BCUT2D eigenvalue weighted by atomic mass is 9.89. The molecule has 2 aromatic carbocycles. The lowest BCUT2D eigenvalue weighted by Gasteiger charge is -2.32. The highest BCUT2D eigenvalue weighted by atomic mass is 32.2. The minimum Gasteiger partial charge on any atom is -0.326 e. The summed E-state index contributed by atoms with van der Waals surface area (Å²) >= 11 is 1.97. The van der Waals surface area contributed by atoms with E-state index in [9.17, 15) is 4.79 Å². The summed E-state index contributed by atoms with van der Waals surface area (Å²) in [4.78, 5) is 15.6. The number of carbonyl (C=O) groups excluding carboxylic acids is 1. The molecule has 1 saturated heterocycles. The number of hydrogen-bond donors (Lipinski definition) is 1. The average Bonchev–Trinajstić information content (AvgIpc) is 2.77. The second-order valence-corrected chi connectivity index (χ2v) is 9.03. The Hall–Kier alpha value is -1.78. The molecule has 0 saturated carbocycles. The van der Waals surface area contributed by atoms with E-state index < -0.39 is 0 Å². The summed E-state index contributed by atoms with van der Waals surface area (Å²) in [6.45, 7) is 5.50. The standard InChI is InChI=1S/C25H34N2OS/c1-2-25(28)26-23-11-9-10-22(20-23)21-14-17-27(18-15-21)16-7-4-8-19-29-24-12-5-3-6-13-24/h3,5-6,9-13,20-21H,2,4,7-8,14-19H2,1H3,(H,26,28). The van der Waals surface area contributed by atoms with Crippen LogP contribution in [0.25, 0.3) is 0 Å². The number of amides is 1. The molecule has 0 aromatic heterocycles. The van der Waals surface area contributed by atoms with Crippen molar-refractivity contribution in [3.63, 3.8) is 0 Å². The monoisotopic (exact) mass is 410 g/mol. The molecule has 156 valence electrons. The molecule has 29 heavy (non-hydrogen) atoms. The predicted octanol–water partition coefficient (Wildman–Crippen LogP) is 6.18. The number of thioether (sulfide) groups is 1. The van der Waals surface area contributed by atoms with Crippen LogP contribution in [0.1, 0.15) is 56.9 Å². The quantitative estimate of drug-likeness (QED) is 0.375. The molecule has 0 spiro atoms. The summed E-state index contributed by atoms with van der Waals surface area (Å²) < 4.78 is 0. The van der Waals surface area contributed by atoms with Crippen LogP contribution >= 0.6 is 11.8 Å². The molecular weight excluding hydrogens is 376 g/mol. The molecule has 2 aromatic rings. The van der Waals surface area contributed by atoms with Gasteiger partial charge in [0.25, 0.3) is 0 Å². The van der Waals surface area contributed by atoms with Crippen LogP contribution in [-0.4, -0.2) is 36.2 Å². The van der Waals surface area contributed by atoms with Gasteiger partial charge in [-0.05, 0) is 86.8 Å². The SMILES string of the molecule is CCC(=O)Nc1cccc(C2CCN(CCCCCSc3ccccc3)CC2)c1. The van der Waals surface area contributed by atoms with Crippen molar-refractivity contribution in [1.29, 1.82) is 0 Å². The first-order valence-corrected chi connectivity index (χ1v) is 12.0. The zero-order chi connectivity index (χ0) is 20.3. The van der Waals surface area contributed by atoms with Gasteiger partial charge in [-0.3, -0.25) is 4.79 Å². The predicted molar refractivity (Wildman–Crippen MR) is 125 cm³/mol. The Morgan fingerprint density at radius 2 is 1.83 bits per heavy atom. The summed E-state index contributed by atoms with van der Waals surface area (Å²) in [6.07, 6.45) is 6.88. The third-order valence-corrected chi connectivity index (χ3v) is 6.78. The number of unbranched alkanes of at least 4 members (excludes halogenated alkanes) is 2. The van der Waals surface area contributed by atoms with Crippen molar-refractivity contribution in [2.75, 3.05) is 30.7 Å². The first kappa shape index (κ1) is 21.9. The Morgan fingerprint density at radius 3 is 2.59 bits per heavy atom. The van der Waals surface area contributed by atoms with E-state index in [-0.39, 0.29) is 5.91 Å². The molecule has 1 amide bonds. The van der Waals surface area contributed by atoms with Crippen molar-refractivity contribution >= 4 is 23.4 Å². The van der Waals surface area contributed by atoms with Crippen molar-refractivity contribution in [1.82, 2.24) is 4.90 Å². The van der Waals surface area contributed by atoms with Crippen LogP contribution < -0.4 is 5.32 Å². The van der Waals surface area contributed by atoms with Gasteiger partial charge in [0.2, 0.25) is 5.91 Å². The second kappa shape index (κ2) is 12.0. The first-order chi connectivity index (χ1) is 14.2. The van der Waals surface area contributed by atoms with E-state index in [2.05, 4.69) is 58.7 Å². The Balaban J connectivity index is 1.31. The maximum absolute atomic E-state index is 11.6. The number of rotatable bonds is 10. The summed E-state index contributed by atoms with van der Waals surface area (Å²) in [7, 11) is 0. The summed E-state index contributed by atoms with van der Waals surface area (Å²) in [5.41, 5.74) is 2.31. The lowest BCUT2D eigenvalue weighted by Crippen LogP contribution is -2.33. The number of nitrogens with one attached hydrogen (secondary N) is 1. The number of piperidine rings is 1. The molecule has 1 aliphatic heterocycles. The van der Waals surface area contributed by atoms with Crippen LogP contribution in [0.15, 0.2) is 59.5 Å². The topological polar surface area (TPSA) is 32.3 Å². The van der Waals surface area contributed by atoms with E-state index >= 15 is 0 Å². The van der Waals surface area contributed by atoms with Crippen LogP contribution in [0.2, 0.25) is 0 Å². The van der Waals surface area contributed by atoms with Crippen LogP contribution in [0.4, 0.5) is 5.69 Å². The van der Waals surface area contributed by atoms with Gasteiger partial charge in [-0.1, -0.05) is 43.7 Å². The summed E-state index contributed by atoms with van der Waals surface area (Å²) in [5, 5.41) is 2.98. The van der Waals surface area contributed by atoms with Crippen LogP contribution in [0, 0.1) is 0 Å². The zero-order valence-electron chi connectivity index (χ0n) is 17.6. The number of benzene rings is 2. The largest absolute Gasteiger partial charge is 0.326 e. The molecule has 1 heterocycles. The zero-order valence-corrected chi connectivity index (χ0v) is 18.4. The fourth-order valence-corrected chi connectivity index (χ4v) is 4.86. The number of hydrogen-bond acceptors (Lipinski definition) is 3. The third-order valence-electron chi connectivity index (χ3n) is 5.68. The Kier molecular flexibility index (Phi) is 9.10. The molecule has 4 heteroatoms. The van der Waals surface area contributed by atoms with Gasteiger partial charge in [-0.2, -0.15) is 0 Å². The molecule has 1 fully saturated rings. The van der Waals surface area contributed by atoms with Crippen molar-refractivity contribution in [3.8, 4) is 0 Å². The van der Waals surface area contributed by atoms with Crippen LogP contribution in [-0.2, 0) is 4.79 Å². The normalized spacial score (nSPS) is 15.3. The summed E-state index contributed by atoms with van der Waals surface area (Å²) in [6, 6.07) is 19.1. The maximum Gasteiger partial charge on any atom is 0.224 e. The molecule has 0 bridgehead atoms. The van der Waals surface area contributed by atoms with Gasteiger partial charge in [-0.15, -0.1) is 11.8 Å². The van der Waals surface area contributed by atoms with Gasteiger partial charge >= 0.3 is 0 Å². The highest BCUT2D eigenvalue weighted by Gasteiger charge is 2.20. The highest BCUT2D eigenvalue weighted by Crippen LogP contribution is 2.29. The fourth-order valence-electron chi connectivity index (χ4n) is 3.93. The molecule has 0 atom stereocenters. The Morgan fingerprint density at radius 1 is 1.03 bits per heavy atom. The molecular formula is C25H34N2OS. The van der Waals surface area contributed by atoms with E-state index in [4.69, 9.17) is 0 Å². The Labute approximate surface area is 180 Å². The maximum atomic E-state index is 11.6. The highest BCUT2D eigenvalue weighted by molar-refractivity contribution is 7.99. The number of anilines is 1. The van der Waals surface area contributed by atoms with Gasteiger partial charge in [0.15, 0.2) is 0 Å². The number of carbonyl (C=O) groups is 1. The number of nitrogens with zero attached hydrogens (tertiary/aromatic N) is 1. The minimum atomic E-state index is 0.0825. The first-order valence-electron chi connectivity index (χ1n) is 11.0. The van der Waals surface area contributed by atoms with Gasteiger partial charge in [-0.25, -0.2) is 0 Å². The molecule has 1 aliphatic rings. The third kappa shape index (κ3) is 7.52. The lowest BCUT2D eigenvalue weighted by molar-refractivity contribution is -0.115. The van der Waals surface area contributed by atoms with E-state index in [0.29, 0.717) is 12.3 Å². The van der Waals surface area contributed by atoms with Gasteiger partial charge in [0, 0.05) is 17.0 Å². The van der Waals surface area contributed by atoms with E-state index in [1.165, 1.54) is 68.0 Å². The molecule has 3 rings (SSSR count). The van der Waals surface area contributed by atoms with E-state index in [1.54, 1.807) is 0 Å². The second-order valence-electron chi connectivity index (χ2n) is 7.87. The smallest absolute Gasteiger partial charge is 0.224 e. The van der Waals surface area contributed by atoms with Gasteiger partial charge < -0.3 is 10.2 Å². The van der Waals surface area contributed by atoms with Gasteiger partial charge in [0.05, 0.1) is 0 Å². The van der Waals surface area contributed by atoms with E-state index in [0.717, 1.165) is 5.69 Å². The molecule has 1 N–H and O–H groups in total. The van der Waals surface area contributed by atoms with Crippen molar-refractivity contribution in [2.24, 2.45) is 0 Å². The molecule has 0 radical (unpaired) electrons. The molecule has 0 aliphatic carbocycles. The summed E-state index contributed by atoms with van der Waals surface area (Å²) in [5.74, 6) is 1.92. The van der Waals surface area contributed by atoms with Crippen LogP contribution in [0.3, 0.4) is 0 Å². The number of likely N-dealkylation sites (tertiary alicyclic amines) is 1. The van der Waals surface area contributed by atoms with Crippen LogP contribution in [0.5, 0.6) is 0 Å². The molecule has 3 nitrogen and oxygen atoms in total. The fraction of sp³-hybridized carbons (Fsp3) is 0.480. The van der Waals surface area contributed by atoms with E-state index in [1.807, 2.05) is 24.8 Å². The van der Waals surface area contributed by atoms with Crippen molar-refractivity contribution in [2.45, 2.75) is 56.3 Å². The van der Waals surface area contributed by atoms with Crippen molar-refractivity contribution in [3.05, 3.63) is 60.2 Å². The van der Waals surface area contributed by atoms with Crippen molar-refractivity contribution < 1.29 is 4.79 Å². The minimum absolute atomic E-state index is 0.0825. The molecule has 0 unspecified atom stereocenters. The Bertz CT molecular complexity index is 741. The van der Waals surface area contributed by atoms with Gasteiger partial charge in [0.1, 0.15) is 0 Å².